The number of rotatable bonds is 9. The second kappa shape index (κ2) is 20.7. The Balaban J connectivity index is 0.000000146. The molecule has 0 fully saturated rings. The van der Waals surface area contributed by atoms with Crippen molar-refractivity contribution >= 4 is 77.7 Å². The maximum Gasteiger partial charge on any atom is 0.0986 e. The summed E-state index contributed by atoms with van der Waals surface area (Å²) in [7, 11) is 0. The van der Waals surface area contributed by atoms with Crippen molar-refractivity contribution in [3.05, 3.63) is 303 Å². The number of pyridine rings is 4. The molecule has 0 unspecified atom stereocenters. The summed E-state index contributed by atoms with van der Waals surface area (Å²) in [5, 5.41) is 4.31. The van der Waals surface area contributed by atoms with Crippen molar-refractivity contribution in [2.24, 2.45) is 0 Å². The van der Waals surface area contributed by atoms with Gasteiger partial charge < -0.3 is 9.80 Å². The molecule has 4 aromatic heterocycles. The zero-order valence-electron chi connectivity index (χ0n) is 44.9. The summed E-state index contributed by atoms with van der Waals surface area (Å²) in [5.41, 5.74) is 22.6. The maximum absolute atomic E-state index is 4.81. The van der Waals surface area contributed by atoms with Gasteiger partial charge in [-0.05, 0) is 141 Å². The van der Waals surface area contributed by atoms with Gasteiger partial charge in [0.2, 0.25) is 0 Å². The largest absolute Gasteiger partial charge is 0.310 e. The molecular weight excluding hydrogens is 985 g/mol. The van der Waals surface area contributed by atoms with Crippen molar-refractivity contribution in [2.45, 2.75) is 19.3 Å². The van der Waals surface area contributed by atoms with Gasteiger partial charge in [-0.3, -0.25) is 19.9 Å². The summed E-state index contributed by atoms with van der Waals surface area (Å²) in [6.07, 6.45) is 7.60. The van der Waals surface area contributed by atoms with Crippen LogP contribution in [0.15, 0.2) is 292 Å². The normalized spacial score (nSPS) is 12.2. The van der Waals surface area contributed by atoms with E-state index < -0.39 is 0 Å². The molecule has 0 spiro atoms. The Kier molecular flexibility index (Phi) is 12.4. The molecule has 384 valence electrons. The molecule has 4 heterocycles. The fraction of sp³-hybridized carbons (Fsp3) is 0.0400. The number of hydrogen-bond donors (Lipinski definition) is 0. The molecule has 0 saturated carbocycles. The van der Waals surface area contributed by atoms with Crippen molar-refractivity contribution in [3.63, 3.8) is 0 Å². The van der Waals surface area contributed by atoms with E-state index in [1.165, 1.54) is 55.6 Å². The summed E-state index contributed by atoms with van der Waals surface area (Å²) < 4.78 is 0. The minimum Gasteiger partial charge on any atom is -0.310 e. The predicted octanol–water partition coefficient (Wildman–Crippen LogP) is 19.8. The van der Waals surface area contributed by atoms with Gasteiger partial charge >= 0.3 is 0 Å². The third-order valence-electron chi connectivity index (χ3n) is 15.9. The fourth-order valence-electron chi connectivity index (χ4n) is 11.9. The number of anilines is 6. The standard InChI is InChI=1S/C39H29N3.C36H25N3/c1-39(2)33-14-7-6-13-31(33)32-22-21-30(24-34(32)39)42(29-19-17-27(18-20-29)26-10-4-3-5-11-26)36-16-8-12-28-25-41-35-15-9-23-40-38(35)37(28)36;1-3-9-26(10-4-1)28-16-20-31(21-17-28)39(32-22-18-29(19-23-32)27-11-5-2-6-12-27)34-15-7-13-30-25-38-33-14-8-24-37-36(33)35(30)34/h3-25H,1-2H3;1-25H. The fourth-order valence-corrected chi connectivity index (χ4v) is 11.9. The van der Waals surface area contributed by atoms with Gasteiger partial charge in [-0.25, -0.2) is 0 Å². The molecule has 0 radical (unpaired) electrons. The average molecular weight is 1040 g/mol. The molecule has 0 amide bonds. The number of nitrogens with zero attached hydrogens (tertiary/aromatic N) is 6. The van der Waals surface area contributed by atoms with Gasteiger partial charge in [0.05, 0.1) is 33.4 Å². The Morgan fingerprint density at radius 1 is 0.296 bits per heavy atom. The molecule has 6 nitrogen and oxygen atoms in total. The maximum atomic E-state index is 4.81. The minimum atomic E-state index is -0.0955. The molecule has 0 N–H and O–H groups in total. The highest BCUT2D eigenvalue weighted by Gasteiger charge is 2.36. The van der Waals surface area contributed by atoms with Crippen LogP contribution in [0.25, 0.3) is 88.1 Å². The van der Waals surface area contributed by atoms with Crippen molar-refractivity contribution in [1.29, 1.82) is 0 Å². The van der Waals surface area contributed by atoms with Crippen LogP contribution in [0.3, 0.4) is 0 Å². The Morgan fingerprint density at radius 2 is 0.679 bits per heavy atom. The molecule has 1 aliphatic carbocycles. The first-order valence-corrected chi connectivity index (χ1v) is 27.5. The van der Waals surface area contributed by atoms with Crippen LogP contribution >= 0.6 is 0 Å². The molecule has 0 aliphatic heterocycles. The lowest BCUT2D eigenvalue weighted by atomic mass is 9.82. The van der Waals surface area contributed by atoms with Crippen LogP contribution in [0.4, 0.5) is 34.1 Å². The van der Waals surface area contributed by atoms with Gasteiger partial charge in [0.25, 0.3) is 0 Å². The Morgan fingerprint density at radius 3 is 1.14 bits per heavy atom. The number of fused-ring (bicyclic) bond motifs is 9. The van der Waals surface area contributed by atoms with Crippen molar-refractivity contribution in [2.75, 3.05) is 9.80 Å². The summed E-state index contributed by atoms with van der Waals surface area (Å²) in [4.78, 5) is 23.6. The number of aromatic nitrogens is 4. The monoisotopic (exact) mass is 1040 g/mol. The van der Waals surface area contributed by atoms with Crippen LogP contribution in [0.2, 0.25) is 0 Å². The van der Waals surface area contributed by atoms with Gasteiger partial charge in [-0.2, -0.15) is 0 Å². The van der Waals surface area contributed by atoms with Gasteiger partial charge in [-0.15, -0.1) is 0 Å². The Hall–Kier alpha value is -10.6. The lowest BCUT2D eigenvalue weighted by molar-refractivity contribution is 0.660. The molecule has 10 aromatic carbocycles. The van der Waals surface area contributed by atoms with Gasteiger partial charge in [0, 0.05) is 74.5 Å². The molecule has 1 aliphatic rings. The van der Waals surface area contributed by atoms with Gasteiger partial charge in [0.1, 0.15) is 0 Å². The van der Waals surface area contributed by atoms with E-state index in [2.05, 4.69) is 259 Å². The lowest BCUT2D eigenvalue weighted by Crippen LogP contribution is -2.16. The smallest absolute Gasteiger partial charge is 0.0986 e. The third kappa shape index (κ3) is 8.99. The summed E-state index contributed by atoms with van der Waals surface area (Å²) in [6.45, 7) is 4.67. The first-order valence-electron chi connectivity index (χ1n) is 27.5. The molecule has 0 bridgehead atoms. The Bertz CT molecular complexity index is 4500. The number of hydrogen-bond acceptors (Lipinski definition) is 6. The van der Waals surface area contributed by atoms with Crippen LogP contribution in [0.5, 0.6) is 0 Å². The van der Waals surface area contributed by atoms with Crippen LogP contribution in [0, 0.1) is 0 Å². The quantitative estimate of drug-likeness (QED) is 0.134. The molecule has 6 heteroatoms. The van der Waals surface area contributed by atoms with E-state index in [0.29, 0.717) is 0 Å². The highest BCUT2D eigenvalue weighted by Crippen LogP contribution is 2.51. The SMILES string of the molecule is CC1(C)c2ccccc2-c2ccc(N(c3ccc(-c4ccccc4)cc3)c3cccc4cnc5cccnc5c34)cc21.c1ccc(-c2ccc(N(c3ccc(-c4ccccc4)cc3)c3cccc4cnc5cccnc5c34)cc2)cc1. The molecular formula is C75H54N6. The lowest BCUT2D eigenvalue weighted by Gasteiger charge is -2.29. The van der Waals surface area contributed by atoms with Gasteiger partial charge in [0.15, 0.2) is 0 Å². The Labute approximate surface area is 471 Å². The minimum absolute atomic E-state index is 0.0955. The van der Waals surface area contributed by atoms with E-state index in [4.69, 9.17) is 15.0 Å². The zero-order chi connectivity index (χ0) is 54.3. The third-order valence-corrected chi connectivity index (χ3v) is 15.9. The van der Waals surface area contributed by atoms with E-state index in [9.17, 15) is 0 Å². The first kappa shape index (κ1) is 48.8. The molecule has 81 heavy (non-hydrogen) atoms. The van der Waals surface area contributed by atoms with Crippen LogP contribution in [-0.4, -0.2) is 19.9 Å². The summed E-state index contributed by atoms with van der Waals surface area (Å²) in [5.74, 6) is 0. The van der Waals surface area contributed by atoms with Crippen molar-refractivity contribution in [3.8, 4) is 44.5 Å². The zero-order valence-corrected chi connectivity index (χ0v) is 44.9. The number of benzene rings is 10. The predicted molar refractivity (Wildman–Crippen MR) is 337 cm³/mol. The van der Waals surface area contributed by atoms with E-state index in [-0.39, 0.29) is 5.41 Å². The van der Waals surface area contributed by atoms with E-state index in [1.54, 1.807) is 0 Å². The van der Waals surface area contributed by atoms with Crippen LogP contribution in [0.1, 0.15) is 25.0 Å². The van der Waals surface area contributed by atoms with E-state index in [0.717, 1.165) is 77.7 Å². The summed E-state index contributed by atoms with van der Waals surface area (Å²) >= 11 is 0. The highest BCUT2D eigenvalue weighted by molar-refractivity contribution is 6.13. The summed E-state index contributed by atoms with van der Waals surface area (Å²) in [6, 6.07) is 94.5. The van der Waals surface area contributed by atoms with Crippen LogP contribution in [-0.2, 0) is 5.41 Å². The van der Waals surface area contributed by atoms with Crippen molar-refractivity contribution in [1.82, 2.24) is 19.9 Å². The first-order chi connectivity index (χ1) is 39.9. The second-order valence-corrected chi connectivity index (χ2v) is 21.1. The van der Waals surface area contributed by atoms with E-state index in [1.807, 2.05) is 61.2 Å². The second-order valence-electron chi connectivity index (χ2n) is 21.1. The molecule has 0 saturated heterocycles. The van der Waals surface area contributed by atoms with Gasteiger partial charge in [-0.1, -0.05) is 196 Å². The molecule has 0 atom stereocenters. The average Bonchev–Trinajstić information content (AvgIpc) is 3.95. The van der Waals surface area contributed by atoms with Crippen molar-refractivity contribution < 1.29 is 0 Å². The van der Waals surface area contributed by atoms with Crippen LogP contribution < -0.4 is 9.80 Å². The highest BCUT2D eigenvalue weighted by atomic mass is 15.2. The molecule has 14 aromatic rings. The molecule has 15 rings (SSSR count). The van der Waals surface area contributed by atoms with E-state index >= 15 is 0 Å². The topological polar surface area (TPSA) is 58.0 Å².